The van der Waals surface area contributed by atoms with E-state index < -0.39 is 11.7 Å². The average Bonchev–Trinajstić information content (AvgIpc) is 3.18. The second kappa shape index (κ2) is 5.51. The van der Waals surface area contributed by atoms with E-state index in [9.17, 15) is 13.2 Å². The number of hydrogen-bond acceptors (Lipinski definition) is 7. The fourth-order valence-electron chi connectivity index (χ4n) is 2.56. The van der Waals surface area contributed by atoms with E-state index in [4.69, 9.17) is 10.3 Å². The second-order valence-corrected chi connectivity index (χ2v) is 5.47. The maximum absolute atomic E-state index is 13.3. The molecule has 26 heavy (non-hydrogen) atoms. The van der Waals surface area contributed by atoms with Gasteiger partial charge in [-0.2, -0.15) is 18.3 Å². The standard InChI is InChI=1S/C15H10F3N7O/c1-6-8(5-26-25-6)10-3-2-7-11(23-24-13(7)21-10)12-9(15(16,17)18)4-20-14(19)22-12/h2-5H,1H3,(H2,19,20,22)(H,21,23,24). The third-order valence-electron chi connectivity index (χ3n) is 3.79. The Kier molecular flexibility index (Phi) is 3.39. The number of nitrogens with zero attached hydrogens (tertiary/aromatic N) is 5. The second-order valence-electron chi connectivity index (χ2n) is 5.47. The van der Waals surface area contributed by atoms with Crippen molar-refractivity contribution in [3.63, 3.8) is 0 Å². The lowest BCUT2D eigenvalue weighted by molar-refractivity contribution is -0.137. The van der Waals surface area contributed by atoms with Crippen LogP contribution in [0, 0.1) is 6.92 Å². The zero-order chi connectivity index (χ0) is 18.5. The van der Waals surface area contributed by atoms with Gasteiger partial charge in [0, 0.05) is 11.6 Å². The van der Waals surface area contributed by atoms with E-state index >= 15 is 0 Å². The number of fused-ring (bicyclic) bond motifs is 1. The van der Waals surface area contributed by atoms with Gasteiger partial charge >= 0.3 is 6.18 Å². The maximum Gasteiger partial charge on any atom is 0.420 e. The Morgan fingerprint density at radius 1 is 1.19 bits per heavy atom. The Bertz CT molecular complexity index is 1120. The average molecular weight is 361 g/mol. The van der Waals surface area contributed by atoms with Crippen molar-refractivity contribution in [2.75, 3.05) is 5.73 Å². The third-order valence-corrected chi connectivity index (χ3v) is 3.79. The number of alkyl halides is 3. The van der Waals surface area contributed by atoms with Crippen LogP contribution in [0.5, 0.6) is 0 Å². The summed E-state index contributed by atoms with van der Waals surface area (Å²) in [4.78, 5) is 11.5. The first-order valence-electron chi connectivity index (χ1n) is 7.31. The monoisotopic (exact) mass is 361 g/mol. The van der Waals surface area contributed by atoms with Crippen molar-refractivity contribution < 1.29 is 17.7 Å². The highest BCUT2D eigenvalue weighted by molar-refractivity contribution is 5.92. The molecule has 11 heteroatoms. The quantitative estimate of drug-likeness (QED) is 0.563. The molecule has 0 bridgehead atoms. The summed E-state index contributed by atoms with van der Waals surface area (Å²) < 4.78 is 44.7. The van der Waals surface area contributed by atoms with Gasteiger partial charge in [0.2, 0.25) is 5.95 Å². The molecule has 0 radical (unpaired) electrons. The molecule has 0 unspecified atom stereocenters. The van der Waals surface area contributed by atoms with E-state index in [1.165, 1.54) is 6.26 Å². The molecule has 0 aromatic carbocycles. The molecule has 4 rings (SSSR count). The third kappa shape index (κ3) is 2.53. The zero-order valence-corrected chi connectivity index (χ0v) is 13.2. The Morgan fingerprint density at radius 2 is 2.00 bits per heavy atom. The molecule has 0 spiro atoms. The van der Waals surface area contributed by atoms with Gasteiger partial charge in [-0.1, -0.05) is 5.16 Å². The van der Waals surface area contributed by atoms with E-state index in [1.54, 1.807) is 19.1 Å². The number of aromatic amines is 1. The van der Waals surface area contributed by atoms with Gasteiger partial charge in [0.15, 0.2) is 5.65 Å². The summed E-state index contributed by atoms with van der Waals surface area (Å²) in [6.45, 7) is 1.75. The Hall–Kier alpha value is -3.50. The number of hydrogen-bond donors (Lipinski definition) is 2. The van der Waals surface area contributed by atoms with Crippen molar-refractivity contribution in [2.24, 2.45) is 0 Å². The van der Waals surface area contributed by atoms with Gasteiger partial charge < -0.3 is 10.3 Å². The van der Waals surface area contributed by atoms with Crippen LogP contribution >= 0.6 is 0 Å². The number of nitrogens with one attached hydrogen (secondary N) is 1. The predicted octanol–water partition coefficient (Wildman–Crippen LogP) is 2.98. The van der Waals surface area contributed by atoms with Gasteiger partial charge in [-0.25, -0.2) is 15.0 Å². The fraction of sp³-hybridized carbons (Fsp3) is 0.133. The van der Waals surface area contributed by atoms with E-state index in [0.717, 1.165) is 0 Å². The number of aromatic nitrogens is 6. The smallest absolute Gasteiger partial charge is 0.368 e. The lowest BCUT2D eigenvalue weighted by Crippen LogP contribution is -2.11. The molecule has 0 saturated carbocycles. The van der Waals surface area contributed by atoms with E-state index in [-0.39, 0.29) is 23.0 Å². The van der Waals surface area contributed by atoms with Crippen LogP contribution in [0.1, 0.15) is 11.3 Å². The molecule has 0 saturated heterocycles. The van der Waals surface area contributed by atoms with Crippen molar-refractivity contribution in [1.82, 2.24) is 30.3 Å². The van der Waals surface area contributed by atoms with E-state index in [2.05, 4.69) is 30.3 Å². The van der Waals surface area contributed by atoms with Crippen LogP contribution in [-0.4, -0.2) is 30.3 Å². The highest BCUT2D eigenvalue weighted by atomic mass is 19.4. The van der Waals surface area contributed by atoms with Crippen LogP contribution in [0.25, 0.3) is 33.7 Å². The highest BCUT2D eigenvalue weighted by Gasteiger charge is 2.36. The maximum atomic E-state index is 13.3. The number of anilines is 1. The summed E-state index contributed by atoms with van der Waals surface area (Å²) in [6, 6.07) is 3.24. The van der Waals surface area contributed by atoms with Gasteiger partial charge in [0.05, 0.1) is 22.6 Å². The molecule has 0 fully saturated rings. The summed E-state index contributed by atoms with van der Waals surface area (Å²) in [5, 5.41) is 10.7. The molecule has 8 nitrogen and oxygen atoms in total. The minimum Gasteiger partial charge on any atom is -0.368 e. The van der Waals surface area contributed by atoms with Crippen molar-refractivity contribution in [2.45, 2.75) is 13.1 Å². The molecular weight excluding hydrogens is 351 g/mol. The summed E-state index contributed by atoms with van der Waals surface area (Å²) in [5.74, 6) is -0.277. The van der Waals surface area contributed by atoms with Crippen LogP contribution in [-0.2, 0) is 6.18 Å². The van der Waals surface area contributed by atoms with Crippen LogP contribution in [0.15, 0.2) is 29.1 Å². The summed E-state index contributed by atoms with van der Waals surface area (Å²) in [6.07, 6.45) is -2.57. The molecule has 4 aromatic rings. The van der Waals surface area contributed by atoms with Crippen molar-refractivity contribution in [1.29, 1.82) is 0 Å². The van der Waals surface area contributed by atoms with Crippen LogP contribution in [0.4, 0.5) is 19.1 Å². The van der Waals surface area contributed by atoms with E-state index in [1.807, 2.05) is 0 Å². The predicted molar refractivity (Wildman–Crippen MR) is 84.6 cm³/mol. The first-order valence-corrected chi connectivity index (χ1v) is 7.31. The molecule has 0 amide bonds. The number of nitrogens with two attached hydrogens (primary N) is 1. The number of rotatable bonds is 2. The van der Waals surface area contributed by atoms with Gasteiger partial charge in [0.1, 0.15) is 17.5 Å². The van der Waals surface area contributed by atoms with Crippen LogP contribution in [0.3, 0.4) is 0 Å². The Morgan fingerprint density at radius 3 is 2.69 bits per heavy atom. The first-order chi connectivity index (χ1) is 12.3. The van der Waals surface area contributed by atoms with Gasteiger partial charge in [-0.05, 0) is 19.1 Å². The van der Waals surface area contributed by atoms with Gasteiger partial charge in [-0.3, -0.25) is 5.10 Å². The minimum atomic E-state index is -4.65. The molecular formula is C15H10F3N7O. The number of pyridine rings is 1. The summed E-state index contributed by atoms with van der Waals surface area (Å²) in [5.41, 5.74) is 6.18. The molecule has 4 aromatic heterocycles. The summed E-state index contributed by atoms with van der Waals surface area (Å²) >= 11 is 0. The number of halogens is 3. The molecule has 4 heterocycles. The lowest BCUT2D eigenvalue weighted by Gasteiger charge is -2.10. The van der Waals surface area contributed by atoms with Crippen molar-refractivity contribution in [3.05, 3.63) is 35.9 Å². The topological polar surface area (TPSA) is 119 Å². The molecule has 0 aliphatic rings. The van der Waals surface area contributed by atoms with Crippen LogP contribution < -0.4 is 5.73 Å². The normalized spacial score (nSPS) is 12.0. The van der Waals surface area contributed by atoms with Crippen molar-refractivity contribution in [3.8, 4) is 22.6 Å². The SMILES string of the molecule is Cc1nocc1-c1ccc2c(-c3nc(N)ncc3C(F)(F)F)[nH]nc2n1. The highest BCUT2D eigenvalue weighted by Crippen LogP contribution is 2.37. The largest absolute Gasteiger partial charge is 0.420 e. The molecule has 0 aliphatic heterocycles. The van der Waals surface area contributed by atoms with Crippen LogP contribution in [0.2, 0.25) is 0 Å². The molecule has 3 N–H and O–H groups in total. The summed E-state index contributed by atoms with van der Waals surface area (Å²) in [7, 11) is 0. The fourth-order valence-corrected chi connectivity index (χ4v) is 2.56. The lowest BCUT2D eigenvalue weighted by atomic mass is 10.1. The Labute approximate surface area is 143 Å². The van der Waals surface area contributed by atoms with E-state index in [0.29, 0.717) is 28.5 Å². The number of H-pyrrole nitrogens is 1. The molecule has 0 atom stereocenters. The molecule has 132 valence electrons. The van der Waals surface area contributed by atoms with Gasteiger partial charge in [-0.15, -0.1) is 0 Å². The number of nitrogen functional groups attached to an aromatic ring is 1. The first kappa shape index (κ1) is 16.0. The Balaban J connectivity index is 1.90. The van der Waals surface area contributed by atoms with Crippen molar-refractivity contribution >= 4 is 17.0 Å². The zero-order valence-electron chi connectivity index (χ0n) is 13.2. The minimum absolute atomic E-state index is 0.0579. The molecule has 0 aliphatic carbocycles. The number of aryl methyl sites for hydroxylation is 1. The van der Waals surface area contributed by atoms with Gasteiger partial charge in [0.25, 0.3) is 0 Å².